The van der Waals surface area contributed by atoms with Crippen molar-refractivity contribution in [2.75, 3.05) is 6.54 Å². The third-order valence-electron chi connectivity index (χ3n) is 1.98. The van der Waals surface area contributed by atoms with Crippen LogP contribution in [0.25, 0.3) is 0 Å². The van der Waals surface area contributed by atoms with Crippen LogP contribution in [0.15, 0.2) is 6.08 Å². The van der Waals surface area contributed by atoms with Gasteiger partial charge in [0.05, 0.1) is 0 Å². The predicted molar refractivity (Wildman–Crippen MR) is 45.9 cm³/mol. The molecule has 0 bridgehead atoms. The summed E-state index contributed by atoms with van der Waals surface area (Å²) >= 11 is 0. The van der Waals surface area contributed by atoms with Crippen LogP contribution in [0.3, 0.4) is 0 Å². The molecule has 0 saturated heterocycles. The maximum absolute atomic E-state index is 3.28. The Hall–Kier alpha value is 0.648. The second-order valence-corrected chi connectivity index (χ2v) is 3.87. The first kappa shape index (κ1) is 11.6. The molecule has 0 unspecified atom stereocenters. The van der Waals surface area contributed by atoms with Crippen molar-refractivity contribution in [1.82, 2.24) is 4.81 Å². The fourth-order valence-corrected chi connectivity index (χ4v) is 1.42. The van der Waals surface area contributed by atoms with Gasteiger partial charge in [0.15, 0.2) is 0 Å². The summed E-state index contributed by atoms with van der Waals surface area (Å²) < 4.78 is 0. The fraction of sp³-hybridized carbons (Fsp3) is 0.750. The minimum atomic E-state index is 0. The van der Waals surface area contributed by atoms with E-state index >= 15 is 0 Å². The molecule has 3 heteroatoms. The average Bonchev–Trinajstić information content (AvgIpc) is 2.11. The van der Waals surface area contributed by atoms with E-state index in [-0.39, 0.29) is 26.2 Å². The van der Waals surface area contributed by atoms with Crippen LogP contribution in [-0.4, -0.2) is 23.7 Å². The maximum Gasteiger partial charge on any atom is 0.0442 e. The third-order valence-corrected chi connectivity index (χ3v) is 1.98. The first-order valence-electron chi connectivity index (χ1n) is 3.86. The monoisotopic (exact) mass is 226 g/mol. The molecule has 11 heavy (non-hydrogen) atoms. The first-order valence-corrected chi connectivity index (χ1v) is 3.86. The van der Waals surface area contributed by atoms with Crippen LogP contribution in [0.5, 0.6) is 0 Å². The second-order valence-electron chi connectivity index (χ2n) is 3.87. The third kappa shape index (κ3) is 2.87. The molecular weight excluding hydrogens is 212 g/mol. The topological polar surface area (TPSA) is 3.24 Å². The van der Waals surface area contributed by atoms with Crippen molar-refractivity contribution in [3.05, 3.63) is 12.1 Å². The van der Waals surface area contributed by atoms with Crippen molar-refractivity contribution < 1.29 is 26.2 Å². The Morgan fingerprint density at radius 1 is 1.45 bits per heavy atom. The van der Waals surface area contributed by atoms with Gasteiger partial charge in [0.25, 0.3) is 0 Å². The predicted octanol–water partition coefficient (Wildman–Crippen LogP) is 1.62. The van der Waals surface area contributed by atoms with Crippen LogP contribution in [0.4, 0.5) is 0 Å². The van der Waals surface area contributed by atoms with Gasteiger partial charge in [0.1, 0.15) is 0 Å². The molecule has 0 aliphatic carbocycles. The molecule has 0 aromatic heterocycles. The summed E-state index contributed by atoms with van der Waals surface area (Å²) in [7, 11) is 0. The quantitative estimate of drug-likeness (QED) is 0.449. The number of rotatable bonds is 0. The summed E-state index contributed by atoms with van der Waals surface area (Å²) in [6.07, 6.45) is 2.12. The van der Waals surface area contributed by atoms with E-state index < -0.39 is 0 Å². The molecule has 0 saturated carbocycles. The molecular formula is C8H15BNZr-. The van der Waals surface area contributed by atoms with Crippen LogP contribution in [0.2, 0.25) is 6.82 Å². The Balaban J connectivity index is 0.000001000. The standard InChI is InChI=1S/C8H15BN.Zr/c1-8(2,3)10-7-5-6-9(10)4;/h5H,7H2,1-4H3;/q-1;. The van der Waals surface area contributed by atoms with Crippen LogP contribution in [0.1, 0.15) is 20.8 Å². The van der Waals surface area contributed by atoms with Crippen LogP contribution >= 0.6 is 0 Å². The molecule has 0 fully saturated rings. The van der Waals surface area contributed by atoms with E-state index in [0.29, 0.717) is 12.4 Å². The smallest absolute Gasteiger partial charge is 0.0442 e. The van der Waals surface area contributed by atoms with Gasteiger partial charge in [-0.1, -0.05) is 6.82 Å². The van der Waals surface area contributed by atoms with E-state index in [1.165, 1.54) is 0 Å². The van der Waals surface area contributed by atoms with Gasteiger partial charge in [-0.15, -0.1) is 0 Å². The first-order chi connectivity index (χ1) is 4.52. The van der Waals surface area contributed by atoms with E-state index in [4.69, 9.17) is 0 Å². The molecule has 60 valence electrons. The van der Waals surface area contributed by atoms with Gasteiger partial charge in [-0.3, -0.25) is 6.08 Å². The van der Waals surface area contributed by atoms with Crippen molar-refractivity contribution in [2.24, 2.45) is 0 Å². The Bertz CT molecular complexity index is 151. The Labute approximate surface area is 89.5 Å². The molecule has 1 heterocycles. The van der Waals surface area contributed by atoms with E-state index in [1.807, 2.05) is 0 Å². The van der Waals surface area contributed by atoms with Crippen molar-refractivity contribution in [3.8, 4) is 0 Å². The molecule has 0 atom stereocenters. The summed E-state index contributed by atoms with van der Waals surface area (Å²) in [6, 6.07) is 0. The fourth-order valence-electron chi connectivity index (χ4n) is 1.42. The van der Waals surface area contributed by atoms with Crippen LogP contribution < -0.4 is 0 Å². The molecule has 0 aromatic rings. The van der Waals surface area contributed by atoms with Gasteiger partial charge in [-0.2, -0.15) is 0 Å². The van der Waals surface area contributed by atoms with Gasteiger partial charge < -0.3 is 10.8 Å². The van der Waals surface area contributed by atoms with E-state index in [2.05, 4.69) is 44.5 Å². The average molecular weight is 227 g/mol. The largest absolute Gasteiger partial charge is 0.510 e. The summed E-state index contributed by atoms with van der Waals surface area (Å²) in [5.41, 5.74) is 0.291. The Morgan fingerprint density at radius 3 is 2.18 bits per heavy atom. The molecule has 1 aliphatic rings. The van der Waals surface area contributed by atoms with Gasteiger partial charge >= 0.3 is 0 Å². The Kier molecular flexibility index (Phi) is 4.29. The van der Waals surface area contributed by atoms with E-state index in [9.17, 15) is 0 Å². The zero-order valence-corrected chi connectivity index (χ0v) is 10.3. The van der Waals surface area contributed by atoms with Gasteiger partial charge in [0, 0.05) is 33.1 Å². The summed E-state index contributed by atoms with van der Waals surface area (Å²) in [6.45, 7) is 10.5. The molecule has 0 spiro atoms. The molecule has 1 nitrogen and oxygen atoms in total. The number of hydrogen-bond acceptors (Lipinski definition) is 1. The SMILES string of the molecule is CB1[C-]=CCN1C(C)(C)C.[Zr]. The summed E-state index contributed by atoms with van der Waals surface area (Å²) in [5, 5.41) is 0. The normalized spacial score (nSPS) is 18.7. The van der Waals surface area contributed by atoms with Crippen LogP contribution in [-0.2, 0) is 26.2 Å². The van der Waals surface area contributed by atoms with Gasteiger partial charge in [0.2, 0.25) is 0 Å². The van der Waals surface area contributed by atoms with Crippen molar-refractivity contribution in [1.29, 1.82) is 0 Å². The Morgan fingerprint density at radius 2 is 2.00 bits per heavy atom. The van der Waals surface area contributed by atoms with Crippen molar-refractivity contribution in [3.63, 3.8) is 0 Å². The maximum atomic E-state index is 3.28. The van der Waals surface area contributed by atoms with Gasteiger partial charge in [-0.25, -0.2) is 0 Å². The van der Waals surface area contributed by atoms with E-state index in [1.54, 1.807) is 0 Å². The molecule has 0 radical (unpaired) electrons. The molecule has 0 aromatic carbocycles. The summed E-state index contributed by atoms with van der Waals surface area (Å²) in [5.74, 6) is 3.28. The van der Waals surface area contributed by atoms with Crippen molar-refractivity contribution >= 4 is 6.85 Å². The zero-order valence-electron chi connectivity index (χ0n) is 7.81. The molecule has 1 rings (SSSR count). The zero-order chi connectivity index (χ0) is 7.78. The minimum absolute atomic E-state index is 0. The van der Waals surface area contributed by atoms with E-state index in [0.717, 1.165) is 6.54 Å². The van der Waals surface area contributed by atoms with Gasteiger partial charge in [-0.05, 0) is 32.9 Å². The molecule has 1 aliphatic heterocycles. The van der Waals surface area contributed by atoms with Crippen molar-refractivity contribution in [2.45, 2.75) is 33.1 Å². The second kappa shape index (κ2) is 4.05. The van der Waals surface area contributed by atoms with Crippen LogP contribution in [0, 0.1) is 5.98 Å². The number of nitrogens with zero attached hydrogens (tertiary/aromatic N) is 1. The molecule has 0 N–H and O–H groups in total. The molecule has 0 amide bonds. The number of hydrogen-bond donors (Lipinski definition) is 0. The minimum Gasteiger partial charge on any atom is -0.510 e. The summed E-state index contributed by atoms with van der Waals surface area (Å²) in [4.78, 5) is 2.42.